The van der Waals surface area contributed by atoms with E-state index in [0.717, 1.165) is 16.5 Å². The van der Waals surface area contributed by atoms with E-state index in [2.05, 4.69) is 6.07 Å². The van der Waals surface area contributed by atoms with E-state index in [1.54, 1.807) is 6.26 Å². The van der Waals surface area contributed by atoms with Crippen LogP contribution in [0.5, 0.6) is 0 Å². The van der Waals surface area contributed by atoms with Crippen LogP contribution in [0.2, 0.25) is 0 Å². The zero-order valence-corrected chi connectivity index (χ0v) is 10.1. The first-order valence-electron chi connectivity index (χ1n) is 5.96. The molecule has 0 aliphatic carbocycles. The lowest BCUT2D eigenvalue weighted by Gasteiger charge is -2.10. The smallest absolute Gasteiger partial charge is 0.139 e. The van der Waals surface area contributed by atoms with Gasteiger partial charge in [0, 0.05) is 0 Å². The molecule has 0 saturated heterocycles. The normalized spacial score (nSPS) is 12.8. The van der Waals surface area contributed by atoms with Gasteiger partial charge in [-0.15, -0.1) is 0 Å². The molecule has 1 unspecified atom stereocenters. The maximum absolute atomic E-state index is 10.3. The van der Waals surface area contributed by atoms with Gasteiger partial charge in [-0.05, 0) is 41.0 Å². The van der Waals surface area contributed by atoms with Crippen LogP contribution in [0, 0.1) is 6.92 Å². The van der Waals surface area contributed by atoms with Crippen LogP contribution >= 0.6 is 0 Å². The minimum Gasteiger partial charge on any atom is -0.466 e. The third-order valence-corrected chi connectivity index (χ3v) is 3.24. The Morgan fingerprint density at radius 3 is 2.50 bits per heavy atom. The molecular weight excluding hydrogens is 224 g/mol. The third-order valence-electron chi connectivity index (χ3n) is 3.24. The lowest BCUT2D eigenvalue weighted by Crippen LogP contribution is -1.99. The molecule has 3 rings (SSSR count). The van der Waals surface area contributed by atoms with Gasteiger partial charge in [-0.3, -0.25) is 0 Å². The van der Waals surface area contributed by atoms with Crippen molar-refractivity contribution in [2.24, 2.45) is 0 Å². The standard InChI is InChI=1S/C16H14O2/c1-11-8-9-18-16(11)15(17)14-7-6-12-4-2-3-5-13(12)10-14/h2-10,15,17H,1H3. The van der Waals surface area contributed by atoms with Crippen LogP contribution < -0.4 is 0 Å². The fourth-order valence-electron chi connectivity index (χ4n) is 2.19. The number of hydrogen-bond donors (Lipinski definition) is 1. The highest BCUT2D eigenvalue weighted by molar-refractivity contribution is 5.83. The zero-order valence-electron chi connectivity index (χ0n) is 10.1. The number of rotatable bonds is 2. The van der Waals surface area contributed by atoms with Crippen molar-refractivity contribution in [1.29, 1.82) is 0 Å². The molecule has 2 aromatic carbocycles. The predicted octanol–water partition coefficient (Wildman–Crippen LogP) is 3.82. The van der Waals surface area contributed by atoms with Crippen LogP contribution in [0.1, 0.15) is 23.0 Å². The summed E-state index contributed by atoms with van der Waals surface area (Å²) in [5, 5.41) is 12.6. The number of aryl methyl sites for hydroxylation is 1. The maximum atomic E-state index is 10.3. The summed E-state index contributed by atoms with van der Waals surface area (Å²) in [6, 6.07) is 15.9. The summed E-state index contributed by atoms with van der Waals surface area (Å²) in [5.41, 5.74) is 1.82. The first-order chi connectivity index (χ1) is 8.75. The number of hydrogen-bond acceptors (Lipinski definition) is 2. The van der Waals surface area contributed by atoms with Gasteiger partial charge in [0.15, 0.2) is 0 Å². The second kappa shape index (κ2) is 4.31. The molecule has 0 radical (unpaired) electrons. The molecule has 0 aliphatic rings. The van der Waals surface area contributed by atoms with Gasteiger partial charge >= 0.3 is 0 Å². The van der Waals surface area contributed by atoms with E-state index < -0.39 is 6.10 Å². The highest BCUT2D eigenvalue weighted by atomic mass is 16.4. The third kappa shape index (κ3) is 1.81. The van der Waals surface area contributed by atoms with Crippen molar-refractivity contribution in [3.8, 4) is 0 Å². The Hall–Kier alpha value is -2.06. The van der Waals surface area contributed by atoms with Crippen molar-refractivity contribution in [3.63, 3.8) is 0 Å². The van der Waals surface area contributed by atoms with E-state index in [9.17, 15) is 5.11 Å². The van der Waals surface area contributed by atoms with Gasteiger partial charge in [0.25, 0.3) is 0 Å². The summed E-state index contributed by atoms with van der Waals surface area (Å²) in [7, 11) is 0. The fraction of sp³-hybridized carbons (Fsp3) is 0.125. The lowest BCUT2D eigenvalue weighted by atomic mass is 10.0. The molecule has 0 aliphatic heterocycles. The van der Waals surface area contributed by atoms with Gasteiger partial charge in [0.2, 0.25) is 0 Å². The van der Waals surface area contributed by atoms with Crippen molar-refractivity contribution < 1.29 is 9.52 Å². The minimum atomic E-state index is -0.704. The Morgan fingerprint density at radius 2 is 1.78 bits per heavy atom. The monoisotopic (exact) mass is 238 g/mol. The molecular formula is C16H14O2. The molecule has 0 bridgehead atoms. The Bertz CT molecular complexity index is 682. The van der Waals surface area contributed by atoms with E-state index in [1.165, 1.54) is 5.39 Å². The number of aliphatic hydroxyl groups is 1. The Labute approximate surface area is 105 Å². The van der Waals surface area contributed by atoms with Gasteiger partial charge in [-0.1, -0.05) is 36.4 Å². The summed E-state index contributed by atoms with van der Waals surface area (Å²) in [6.45, 7) is 1.93. The Kier molecular flexibility index (Phi) is 2.65. The second-order valence-electron chi connectivity index (χ2n) is 4.48. The molecule has 0 amide bonds. The fourth-order valence-corrected chi connectivity index (χ4v) is 2.19. The molecule has 90 valence electrons. The highest BCUT2D eigenvalue weighted by Crippen LogP contribution is 2.27. The molecule has 0 fully saturated rings. The van der Waals surface area contributed by atoms with Crippen LogP contribution in [0.3, 0.4) is 0 Å². The lowest BCUT2D eigenvalue weighted by molar-refractivity contribution is 0.188. The summed E-state index contributed by atoms with van der Waals surface area (Å²) >= 11 is 0. The molecule has 1 atom stereocenters. The van der Waals surface area contributed by atoms with Crippen LogP contribution in [0.25, 0.3) is 10.8 Å². The SMILES string of the molecule is Cc1ccoc1C(O)c1ccc2ccccc2c1. The minimum absolute atomic E-state index is 0.616. The van der Waals surface area contributed by atoms with Gasteiger partial charge < -0.3 is 9.52 Å². The van der Waals surface area contributed by atoms with E-state index >= 15 is 0 Å². The number of furan rings is 1. The van der Waals surface area contributed by atoms with Crippen molar-refractivity contribution in [1.82, 2.24) is 0 Å². The van der Waals surface area contributed by atoms with Crippen LogP contribution in [-0.2, 0) is 0 Å². The average molecular weight is 238 g/mol. The van der Waals surface area contributed by atoms with Gasteiger partial charge in [-0.25, -0.2) is 0 Å². The molecule has 1 aromatic heterocycles. The first-order valence-corrected chi connectivity index (χ1v) is 5.96. The van der Waals surface area contributed by atoms with E-state index in [0.29, 0.717) is 5.76 Å². The van der Waals surface area contributed by atoms with Gasteiger partial charge in [0.1, 0.15) is 11.9 Å². The second-order valence-corrected chi connectivity index (χ2v) is 4.48. The number of aliphatic hydroxyl groups excluding tert-OH is 1. The molecule has 2 heteroatoms. The van der Waals surface area contributed by atoms with E-state index in [1.807, 2.05) is 49.4 Å². The molecule has 2 nitrogen and oxygen atoms in total. The van der Waals surface area contributed by atoms with E-state index in [4.69, 9.17) is 4.42 Å². The van der Waals surface area contributed by atoms with Crippen molar-refractivity contribution in [2.75, 3.05) is 0 Å². The molecule has 0 spiro atoms. The first kappa shape index (κ1) is 11.1. The number of benzene rings is 2. The predicted molar refractivity (Wildman–Crippen MR) is 71.5 cm³/mol. The molecule has 0 saturated carbocycles. The van der Waals surface area contributed by atoms with Crippen LogP contribution in [0.15, 0.2) is 59.2 Å². The molecule has 1 N–H and O–H groups in total. The highest BCUT2D eigenvalue weighted by Gasteiger charge is 2.16. The van der Waals surface area contributed by atoms with E-state index in [-0.39, 0.29) is 0 Å². The van der Waals surface area contributed by atoms with Gasteiger partial charge in [0.05, 0.1) is 6.26 Å². The number of fused-ring (bicyclic) bond motifs is 1. The van der Waals surface area contributed by atoms with Gasteiger partial charge in [-0.2, -0.15) is 0 Å². The largest absolute Gasteiger partial charge is 0.466 e. The summed E-state index contributed by atoms with van der Waals surface area (Å²) < 4.78 is 5.34. The summed E-state index contributed by atoms with van der Waals surface area (Å²) in [4.78, 5) is 0. The molecule has 3 aromatic rings. The molecule has 1 heterocycles. The Morgan fingerprint density at radius 1 is 1.00 bits per heavy atom. The zero-order chi connectivity index (χ0) is 12.5. The quantitative estimate of drug-likeness (QED) is 0.736. The molecule has 18 heavy (non-hydrogen) atoms. The van der Waals surface area contributed by atoms with Crippen LogP contribution in [-0.4, -0.2) is 5.11 Å². The van der Waals surface area contributed by atoms with Crippen molar-refractivity contribution >= 4 is 10.8 Å². The average Bonchev–Trinajstić information content (AvgIpc) is 2.83. The summed E-state index contributed by atoms with van der Waals surface area (Å²) in [6.07, 6.45) is 0.902. The maximum Gasteiger partial charge on any atom is 0.139 e. The summed E-state index contributed by atoms with van der Waals surface area (Å²) in [5.74, 6) is 0.616. The topological polar surface area (TPSA) is 33.4 Å². The van der Waals surface area contributed by atoms with Crippen molar-refractivity contribution in [2.45, 2.75) is 13.0 Å². The Balaban J connectivity index is 2.07. The van der Waals surface area contributed by atoms with Crippen LogP contribution in [0.4, 0.5) is 0 Å². The van der Waals surface area contributed by atoms with Crippen molar-refractivity contribution in [3.05, 3.63) is 71.7 Å².